The lowest BCUT2D eigenvalue weighted by molar-refractivity contribution is -0.384. The average molecular weight is 358 g/mol. The number of nitrogens with zero attached hydrogens (tertiary/aromatic N) is 4. The first-order valence-electron chi connectivity index (χ1n) is 7.56. The molecule has 9 nitrogen and oxygen atoms in total. The fourth-order valence-electron chi connectivity index (χ4n) is 2.35. The van der Waals surface area contributed by atoms with Crippen LogP contribution in [0.5, 0.6) is 0 Å². The van der Waals surface area contributed by atoms with Crippen molar-refractivity contribution in [3.8, 4) is 0 Å². The molecule has 2 heterocycles. The first kappa shape index (κ1) is 18.2. The number of nitrogens with one attached hydrogen (secondary N) is 1. The topological polar surface area (TPSA) is 110 Å². The third kappa shape index (κ3) is 4.67. The number of hydrogen-bond acceptors (Lipinski definition) is 7. The maximum atomic E-state index is 12.0. The molecular formula is C14H20ClN5O4. The normalized spacial score (nSPS) is 15.9. The minimum Gasteiger partial charge on any atom is -0.444 e. The molecule has 1 aromatic heterocycles. The molecule has 0 unspecified atom stereocenters. The summed E-state index contributed by atoms with van der Waals surface area (Å²) in [5.41, 5.74) is -0.876. The SMILES string of the molecule is CC(C)(C)OC(=O)N1CCC(Nc2ncnc(Cl)c2[N+](=O)[O-])CC1. The van der Waals surface area contributed by atoms with Crippen LogP contribution < -0.4 is 5.32 Å². The third-order valence-corrected chi connectivity index (χ3v) is 3.72. The summed E-state index contributed by atoms with van der Waals surface area (Å²) in [7, 11) is 0. The molecule has 0 atom stereocenters. The number of ether oxygens (including phenoxy) is 1. The van der Waals surface area contributed by atoms with Crippen LogP contribution >= 0.6 is 11.6 Å². The average Bonchev–Trinajstić information content (AvgIpc) is 2.45. The molecule has 24 heavy (non-hydrogen) atoms. The Labute approximate surface area is 144 Å². The summed E-state index contributed by atoms with van der Waals surface area (Å²) in [5, 5.41) is 13.9. The van der Waals surface area contributed by atoms with Gasteiger partial charge in [-0.1, -0.05) is 11.6 Å². The molecule has 0 aromatic carbocycles. The Morgan fingerprint density at radius 1 is 1.42 bits per heavy atom. The summed E-state index contributed by atoms with van der Waals surface area (Å²) < 4.78 is 5.34. The van der Waals surface area contributed by atoms with Crippen LogP contribution in [0, 0.1) is 10.1 Å². The summed E-state index contributed by atoms with van der Waals surface area (Å²) >= 11 is 5.77. The van der Waals surface area contributed by atoms with Gasteiger partial charge in [-0.2, -0.15) is 0 Å². The van der Waals surface area contributed by atoms with Gasteiger partial charge in [0, 0.05) is 19.1 Å². The standard InChI is InChI=1S/C14H20ClN5O4/c1-14(2,3)24-13(21)19-6-4-9(5-7-19)18-12-10(20(22)23)11(15)16-8-17-12/h8-9H,4-7H2,1-3H3,(H,16,17,18). The van der Waals surface area contributed by atoms with Gasteiger partial charge in [-0.05, 0) is 33.6 Å². The lowest BCUT2D eigenvalue weighted by atomic mass is 10.1. The molecule has 1 saturated heterocycles. The minimum absolute atomic E-state index is 0.0478. The van der Waals surface area contributed by atoms with Crippen LogP contribution in [0.1, 0.15) is 33.6 Å². The molecule has 0 spiro atoms. The highest BCUT2D eigenvalue weighted by Crippen LogP contribution is 2.30. The summed E-state index contributed by atoms with van der Waals surface area (Å²) in [6, 6.07) is -0.0478. The number of amides is 1. The predicted octanol–water partition coefficient (Wildman–Crippen LogP) is 2.85. The molecule has 1 aromatic rings. The quantitative estimate of drug-likeness (QED) is 0.503. The third-order valence-electron chi connectivity index (χ3n) is 3.45. The molecule has 1 fully saturated rings. The van der Waals surface area contributed by atoms with E-state index < -0.39 is 10.5 Å². The monoisotopic (exact) mass is 357 g/mol. The summed E-state index contributed by atoms with van der Waals surface area (Å²) in [6.07, 6.45) is 2.07. The summed E-state index contributed by atoms with van der Waals surface area (Å²) in [5.74, 6) is 0.0933. The van der Waals surface area contributed by atoms with E-state index in [0.717, 1.165) is 0 Å². The Hall–Kier alpha value is -2.16. The van der Waals surface area contributed by atoms with Crippen LogP contribution in [0.3, 0.4) is 0 Å². The number of piperidine rings is 1. The second-order valence-corrected chi connectivity index (χ2v) is 6.86. The van der Waals surface area contributed by atoms with E-state index in [2.05, 4.69) is 15.3 Å². The van der Waals surface area contributed by atoms with E-state index in [1.54, 1.807) is 4.90 Å². The van der Waals surface area contributed by atoms with Crippen molar-refractivity contribution in [2.75, 3.05) is 18.4 Å². The fraction of sp³-hybridized carbons (Fsp3) is 0.643. The zero-order valence-corrected chi connectivity index (χ0v) is 14.5. The van der Waals surface area contributed by atoms with E-state index in [1.165, 1.54) is 6.33 Å². The fourth-order valence-corrected chi connectivity index (χ4v) is 2.55. The number of anilines is 1. The van der Waals surface area contributed by atoms with E-state index in [9.17, 15) is 14.9 Å². The van der Waals surface area contributed by atoms with E-state index in [-0.39, 0.29) is 28.8 Å². The zero-order chi connectivity index (χ0) is 17.9. The molecular weight excluding hydrogens is 338 g/mol. The van der Waals surface area contributed by atoms with Crippen LogP contribution in [0.4, 0.5) is 16.3 Å². The molecule has 0 bridgehead atoms. The van der Waals surface area contributed by atoms with Gasteiger partial charge in [-0.15, -0.1) is 0 Å². The smallest absolute Gasteiger partial charge is 0.410 e. The number of likely N-dealkylation sites (tertiary alicyclic amines) is 1. The molecule has 1 aliphatic rings. The predicted molar refractivity (Wildman–Crippen MR) is 88.1 cm³/mol. The van der Waals surface area contributed by atoms with Gasteiger partial charge in [-0.25, -0.2) is 14.8 Å². The molecule has 0 radical (unpaired) electrons. The molecule has 10 heteroatoms. The Morgan fingerprint density at radius 2 is 2.04 bits per heavy atom. The molecule has 1 amide bonds. The van der Waals surface area contributed by atoms with Crippen molar-refractivity contribution >= 4 is 29.2 Å². The van der Waals surface area contributed by atoms with Gasteiger partial charge in [-0.3, -0.25) is 10.1 Å². The molecule has 1 N–H and O–H groups in total. The van der Waals surface area contributed by atoms with E-state index in [4.69, 9.17) is 16.3 Å². The molecule has 2 rings (SSSR count). The second kappa shape index (κ2) is 7.16. The van der Waals surface area contributed by atoms with Crippen LogP contribution in [-0.4, -0.2) is 50.6 Å². The Bertz CT molecular complexity index is 626. The van der Waals surface area contributed by atoms with Crippen LogP contribution in [0.2, 0.25) is 5.15 Å². The zero-order valence-electron chi connectivity index (χ0n) is 13.8. The Kier molecular flexibility index (Phi) is 5.43. The largest absolute Gasteiger partial charge is 0.444 e. The van der Waals surface area contributed by atoms with Gasteiger partial charge >= 0.3 is 11.8 Å². The minimum atomic E-state index is -0.611. The number of rotatable bonds is 3. The summed E-state index contributed by atoms with van der Waals surface area (Å²) in [4.78, 5) is 31.7. The number of halogens is 1. The van der Waals surface area contributed by atoms with Crippen molar-refractivity contribution in [3.63, 3.8) is 0 Å². The van der Waals surface area contributed by atoms with Crippen molar-refractivity contribution in [1.29, 1.82) is 0 Å². The highest BCUT2D eigenvalue weighted by atomic mass is 35.5. The highest BCUT2D eigenvalue weighted by Gasteiger charge is 2.29. The number of hydrogen-bond donors (Lipinski definition) is 1. The summed E-state index contributed by atoms with van der Waals surface area (Å²) in [6.45, 7) is 6.45. The number of carbonyl (C=O) groups is 1. The lowest BCUT2D eigenvalue weighted by Gasteiger charge is -2.33. The van der Waals surface area contributed by atoms with Crippen molar-refractivity contribution < 1.29 is 14.5 Å². The van der Waals surface area contributed by atoms with E-state index in [1.807, 2.05) is 20.8 Å². The van der Waals surface area contributed by atoms with Crippen LogP contribution in [0.25, 0.3) is 0 Å². The Morgan fingerprint density at radius 3 is 2.58 bits per heavy atom. The van der Waals surface area contributed by atoms with Crippen LogP contribution in [0.15, 0.2) is 6.33 Å². The van der Waals surface area contributed by atoms with Gasteiger partial charge < -0.3 is 15.0 Å². The lowest BCUT2D eigenvalue weighted by Crippen LogP contribution is -2.44. The second-order valence-electron chi connectivity index (χ2n) is 6.50. The van der Waals surface area contributed by atoms with Crippen molar-refractivity contribution in [1.82, 2.24) is 14.9 Å². The molecule has 132 valence electrons. The van der Waals surface area contributed by atoms with E-state index in [0.29, 0.717) is 25.9 Å². The first-order valence-corrected chi connectivity index (χ1v) is 7.94. The van der Waals surface area contributed by atoms with Gasteiger partial charge in [0.2, 0.25) is 11.0 Å². The molecule has 1 aliphatic heterocycles. The molecule has 0 aliphatic carbocycles. The Balaban J connectivity index is 1.96. The van der Waals surface area contributed by atoms with Gasteiger partial charge in [0.15, 0.2) is 0 Å². The first-order chi connectivity index (χ1) is 11.2. The highest BCUT2D eigenvalue weighted by molar-refractivity contribution is 6.31. The molecule has 0 saturated carbocycles. The number of carbonyl (C=O) groups excluding carboxylic acids is 1. The van der Waals surface area contributed by atoms with Gasteiger partial charge in [0.25, 0.3) is 0 Å². The van der Waals surface area contributed by atoms with Crippen molar-refractivity contribution in [2.24, 2.45) is 0 Å². The number of nitro groups is 1. The van der Waals surface area contributed by atoms with Crippen LogP contribution in [-0.2, 0) is 4.74 Å². The number of aromatic nitrogens is 2. The van der Waals surface area contributed by atoms with Gasteiger partial charge in [0.1, 0.15) is 11.9 Å². The maximum absolute atomic E-state index is 12.0. The van der Waals surface area contributed by atoms with Crippen molar-refractivity contribution in [2.45, 2.75) is 45.3 Å². The van der Waals surface area contributed by atoms with Crippen molar-refractivity contribution in [3.05, 3.63) is 21.6 Å². The maximum Gasteiger partial charge on any atom is 0.410 e. The van der Waals surface area contributed by atoms with Gasteiger partial charge in [0.05, 0.1) is 4.92 Å². The van der Waals surface area contributed by atoms with E-state index >= 15 is 0 Å².